The average molecular weight is 446 g/mol. The van der Waals surface area contributed by atoms with E-state index in [0.717, 1.165) is 45.4 Å². The summed E-state index contributed by atoms with van der Waals surface area (Å²) in [6, 6.07) is 9.54. The highest BCUT2D eigenvalue weighted by molar-refractivity contribution is 7.22. The van der Waals surface area contributed by atoms with Gasteiger partial charge in [-0.2, -0.15) is 0 Å². The molecular formula is C20H17Cl2N5OS. The third kappa shape index (κ3) is 3.34. The van der Waals surface area contributed by atoms with Crippen molar-refractivity contribution >= 4 is 72.4 Å². The first-order chi connectivity index (χ1) is 14.0. The normalized spacial score (nSPS) is 13.8. The molecular weight excluding hydrogens is 429 g/mol. The van der Waals surface area contributed by atoms with Gasteiger partial charge in [0.25, 0.3) is 0 Å². The van der Waals surface area contributed by atoms with Gasteiger partial charge in [-0.3, -0.25) is 4.79 Å². The molecule has 5 rings (SSSR count). The number of benzene rings is 2. The predicted octanol–water partition coefficient (Wildman–Crippen LogP) is 4.54. The van der Waals surface area contributed by atoms with Crippen LogP contribution in [0.15, 0.2) is 30.3 Å². The van der Waals surface area contributed by atoms with Gasteiger partial charge >= 0.3 is 0 Å². The summed E-state index contributed by atoms with van der Waals surface area (Å²) >= 11 is 14.2. The van der Waals surface area contributed by atoms with Crippen LogP contribution in [-0.2, 0) is 17.8 Å². The number of H-pyrrole nitrogens is 1. The van der Waals surface area contributed by atoms with Crippen LogP contribution in [0.2, 0.25) is 10.0 Å². The molecule has 1 aliphatic rings. The number of carbonyl (C=O) groups is 1. The Morgan fingerprint density at radius 3 is 3.00 bits per heavy atom. The van der Waals surface area contributed by atoms with E-state index in [4.69, 9.17) is 33.9 Å². The molecule has 0 fully saturated rings. The molecule has 0 unspecified atom stereocenters. The van der Waals surface area contributed by atoms with Crippen LogP contribution in [0.5, 0.6) is 0 Å². The van der Waals surface area contributed by atoms with Crippen LogP contribution in [0.25, 0.3) is 21.1 Å². The number of hydrogen-bond acceptors (Lipinski definition) is 5. The Morgan fingerprint density at radius 2 is 2.17 bits per heavy atom. The van der Waals surface area contributed by atoms with E-state index < -0.39 is 0 Å². The largest absolute Gasteiger partial charge is 0.357 e. The molecule has 0 atom stereocenters. The van der Waals surface area contributed by atoms with Gasteiger partial charge in [0.1, 0.15) is 5.52 Å². The van der Waals surface area contributed by atoms with E-state index in [2.05, 4.69) is 15.2 Å². The van der Waals surface area contributed by atoms with Crippen molar-refractivity contribution in [2.24, 2.45) is 5.73 Å². The summed E-state index contributed by atoms with van der Waals surface area (Å²) < 4.78 is 0.925. The summed E-state index contributed by atoms with van der Waals surface area (Å²) in [5.41, 5.74) is 10.4. The Morgan fingerprint density at radius 1 is 1.31 bits per heavy atom. The number of aromatic nitrogens is 2. The maximum Gasteiger partial charge on any atom is 0.238 e. The number of halogens is 2. The van der Waals surface area contributed by atoms with Crippen molar-refractivity contribution in [2.75, 3.05) is 23.3 Å². The minimum absolute atomic E-state index is 0.0740. The van der Waals surface area contributed by atoms with E-state index in [1.807, 2.05) is 24.3 Å². The number of nitrogens with two attached hydrogens (primary N) is 1. The van der Waals surface area contributed by atoms with Crippen LogP contribution in [0.4, 0.5) is 10.8 Å². The summed E-state index contributed by atoms with van der Waals surface area (Å²) in [4.78, 5) is 22.1. The van der Waals surface area contributed by atoms with E-state index in [1.165, 1.54) is 16.6 Å². The number of hydrogen-bond donors (Lipinski definition) is 3. The number of carbonyl (C=O) groups excluding carboxylic acids is 1. The van der Waals surface area contributed by atoms with Crippen molar-refractivity contribution < 1.29 is 4.79 Å². The fourth-order valence-electron chi connectivity index (χ4n) is 3.77. The minimum atomic E-state index is -0.257. The summed E-state index contributed by atoms with van der Waals surface area (Å²) in [5, 5.41) is 6.11. The van der Waals surface area contributed by atoms with Crippen molar-refractivity contribution in [2.45, 2.75) is 13.0 Å². The molecule has 2 aromatic heterocycles. The van der Waals surface area contributed by atoms with Crippen LogP contribution < -0.4 is 16.0 Å². The molecule has 0 bridgehead atoms. The summed E-state index contributed by atoms with van der Waals surface area (Å²) in [7, 11) is 0. The molecule has 29 heavy (non-hydrogen) atoms. The molecule has 1 amide bonds. The van der Waals surface area contributed by atoms with E-state index in [-0.39, 0.29) is 12.5 Å². The van der Waals surface area contributed by atoms with Crippen molar-refractivity contribution in [3.63, 3.8) is 0 Å². The minimum Gasteiger partial charge on any atom is -0.357 e. The molecule has 0 spiro atoms. The highest BCUT2D eigenvalue weighted by Gasteiger charge is 2.23. The number of aromatic amines is 1. The Hall–Kier alpha value is -2.32. The highest BCUT2D eigenvalue weighted by Crippen LogP contribution is 2.38. The third-order valence-electron chi connectivity index (χ3n) is 5.11. The molecule has 6 nitrogen and oxygen atoms in total. The SMILES string of the molecule is NCC(=O)Nc1cc(Cl)c2nc(N3CCc4c([nH]c5ccc(Cl)cc45)C3)sc2c1. The molecule has 0 saturated heterocycles. The second kappa shape index (κ2) is 7.18. The Kier molecular flexibility index (Phi) is 4.63. The van der Waals surface area contributed by atoms with Gasteiger partial charge in [-0.25, -0.2) is 4.98 Å². The van der Waals surface area contributed by atoms with Gasteiger partial charge in [-0.1, -0.05) is 34.5 Å². The lowest BCUT2D eigenvalue weighted by molar-refractivity contribution is -0.114. The van der Waals surface area contributed by atoms with Crippen molar-refractivity contribution in [3.8, 4) is 0 Å². The number of nitrogens with one attached hydrogen (secondary N) is 2. The summed E-state index contributed by atoms with van der Waals surface area (Å²) in [6.07, 6.45) is 0.914. The third-order valence-corrected chi connectivity index (χ3v) is 6.70. The molecule has 0 radical (unpaired) electrons. The van der Waals surface area contributed by atoms with Gasteiger partial charge in [0.15, 0.2) is 5.13 Å². The molecule has 1 aliphatic heterocycles. The number of rotatable bonds is 3. The fourth-order valence-corrected chi connectivity index (χ4v) is 5.32. The summed E-state index contributed by atoms with van der Waals surface area (Å²) in [5.74, 6) is -0.257. The number of fused-ring (bicyclic) bond motifs is 4. The quantitative estimate of drug-likeness (QED) is 0.431. The fraction of sp³-hybridized carbons (Fsp3) is 0.200. The topological polar surface area (TPSA) is 87.0 Å². The Balaban J connectivity index is 1.47. The van der Waals surface area contributed by atoms with Crippen molar-refractivity contribution in [1.82, 2.24) is 9.97 Å². The van der Waals surface area contributed by atoms with Crippen LogP contribution >= 0.6 is 34.5 Å². The first-order valence-corrected chi connectivity index (χ1v) is 10.7. The molecule has 9 heteroatoms. The van der Waals surface area contributed by atoms with Gasteiger partial charge in [-0.15, -0.1) is 0 Å². The molecule has 0 aliphatic carbocycles. The lowest BCUT2D eigenvalue weighted by atomic mass is 10.0. The van der Waals surface area contributed by atoms with Gasteiger partial charge in [0.2, 0.25) is 5.91 Å². The van der Waals surface area contributed by atoms with Gasteiger partial charge in [0, 0.05) is 33.9 Å². The molecule has 4 N–H and O–H groups in total. The zero-order valence-electron chi connectivity index (χ0n) is 15.3. The van der Waals surface area contributed by atoms with E-state index in [0.29, 0.717) is 10.7 Å². The molecule has 0 saturated carbocycles. The number of nitrogens with zero attached hydrogens (tertiary/aromatic N) is 2. The van der Waals surface area contributed by atoms with Gasteiger partial charge in [0.05, 0.1) is 22.8 Å². The zero-order chi connectivity index (χ0) is 20.1. The monoisotopic (exact) mass is 445 g/mol. The van der Waals surface area contributed by atoms with Crippen molar-refractivity contribution in [1.29, 1.82) is 0 Å². The van der Waals surface area contributed by atoms with E-state index in [1.54, 1.807) is 17.4 Å². The van der Waals surface area contributed by atoms with Crippen LogP contribution in [-0.4, -0.2) is 29.0 Å². The second-order valence-corrected chi connectivity index (χ2v) is 8.85. The average Bonchev–Trinajstić information content (AvgIpc) is 3.29. The molecule has 3 heterocycles. The first kappa shape index (κ1) is 18.7. The van der Waals surface area contributed by atoms with Gasteiger partial charge < -0.3 is 20.9 Å². The van der Waals surface area contributed by atoms with E-state index in [9.17, 15) is 4.79 Å². The number of thiazole rings is 1. The Labute approximate surface area is 180 Å². The predicted molar refractivity (Wildman–Crippen MR) is 120 cm³/mol. The van der Waals surface area contributed by atoms with Crippen LogP contribution in [0, 0.1) is 0 Å². The highest BCUT2D eigenvalue weighted by atomic mass is 35.5. The lowest BCUT2D eigenvalue weighted by Crippen LogP contribution is -2.29. The van der Waals surface area contributed by atoms with Crippen LogP contribution in [0.3, 0.4) is 0 Å². The number of anilines is 2. The summed E-state index contributed by atoms with van der Waals surface area (Å²) in [6.45, 7) is 1.53. The second-order valence-electron chi connectivity index (χ2n) is 7.00. The van der Waals surface area contributed by atoms with E-state index >= 15 is 0 Å². The maximum atomic E-state index is 11.6. The number of amides is 1. The molecule has 2 aromatic carbocycles. The van der Waals surface area contributed by atoms with Gasteiger partial charge in [-0.05, 0) is 42.3 Å². The molecule has 4 aromatic rings. The van der Waals surface area contributed by atoms with Crippen molar-refractivity contribution in [3.05, 3.63) is 51.6 Å². The first-order valence-electron chi connectivity index (χ1n) is 9.16. The standard InChI is InChI=1S/C20H17Cl2N5OS/c21-10-1-2-15-13(5-10)12-3-4-27(9-16(12)25-15)20-26-19-14(22)6-11(7-17(19)29-20)24-18(28)8-23/h1-2,5-7,25H,3-4,8-9,23H2,(H,24,28). The lowest BCUT2D eigenvalue weighted by Gasteiger charge is -2.26. The zero-order valence-corrected chi connectivity index (χ0v) is 17.6. The smallest absolute Gasteiger partial charge is 0.238 e. The Bertz CT molecular complexity index is 1260. The maximum absolute atomic E-state index is 11.6. The molecule has 148 valence electrons. The van der Waals surface area contributed by atoms with Crippen LogP contribution in [0.1, 0.15) is 11.3 Å².